The first-order valence-electron chi connectivity index (χ1n) is 5.27. The van der Waals surface area contributed by atoms with Crippen LogP contribution >= 0.6 is 11.6 Å². The number of benzene rings is 1. The van der Waals surface area contributed by atoms with Crippen molar-refractivity contribution in [1.82, 2.24) is 10.3 Å². The molecule has 1 aromatic heterocycles. The Bertz CT molecular complexity index is 520. The summed E-state index contributed by atoms with van der Waals surface area (Å²) in [6, 6.07) is 9.94. The first-order valence-corrected chi connectivity index (χ1v) is 5.65. The largest absolute Gasteiger partial charge is 0.309 e. The summed E-state index contributed by atoms with van der Waals surface area (Å²) in [5.74, 6) is 0. The third-order valence-corrected chi connectivity index (χ3v) is 3.11. The third-order valence-electron chi connectivity index (χ3n) is 2.85. The van der Waals surface area contributed by atoms with Crippen molar-refractivity contribution in [2.75, 3.05) is 0 Å². The molecule has 3 rings (SSSR count). The Labute approximate surface area is 99.3 Å². The highest BCUT2D eigenvalue weighted by Crippen LogP contribution is 2.23. The maximum atomic E-state index is 5.86. The lowest BCUT2D eigenvalue weighted by Crippen LogP contribution is -1.99. The van der Waals surface area contributed by atoms with Crippen LogP contribution in [0.1, 0.15) is 11.1 Å². The minimum atomic E-state index is 0.756. The third kappa shape index (κ3) is 1.70. The number of aromatic nitrogens is 1. The van der Waals surface area contributed by atoms with Crippen molar-refractivity contribution in [3.8, 4) is 11.3 Å². The van der Waals surface area contributed by atoms with Crippen molar-refractivity contribution >= 4 is 11.6 Å². The van der Waals surface area contributed by atoms with Crippen LogP contribution in [0, 0.1) is 0 Å². The summed E-state index contributed by atoms with van der Waals surface area (Å²) in [6.45, 7) is 1.88. The van der Waals surface area contributed by atoms with Gasteiger partial charge >= 0.3 is 0 Å². The van der Waals surface area contributed by atoms with Gasteiger partial charge in [0.2, 0.25) is 0 Å². The molecule has 0 unspecified atom stereocenters. The van der Waals surface area contributed by atoms with Gasteiger partial charge in [-0.2, -0.15) is 0 Å². The van der Waals surface area contributed by atoms with E-state index in [2.05, 4.69) is 16.4 Å². The fraction of sp³-hybridized carbons (Fsp3) is 0.154. The minimum absolute atomic E-state index is 0.756. The lowest BCUT2D eigenvalue weighted by Gasteiger charge is -2.03. The van der Waals surface area contributed by atoms with Gasteiger partial charge in [0.15, 0.2) is 0 Å². The van der Waals surface area contributed by atoms with E-state index in [-0.39, 0.29) is 0 Å². The molecule has 0 aliphatic carbocycles. The number of hydrogen-bond acceptors (Lipinski definition) is 2. The van der Waals surface area contributed by atoms with Crippen LogP contribution in [0.4, 0.5) is 0 Å². The van der Waals surface area contributed by atoms with E-state index < -0.39 is 0 Å². The molecule has 1 N–H and O–H groups in total. The molecule has 0 fully saturated rings. The summed E-state index contributed by atoms with van der Waals surface area (Å²) in [4.78, 5) is 4.47. The highest BCUT2D eigenvalue weighted by Gasteiger charge is 2.11. The lowest BCUT2D eigenvalue weighted by molar-refractivity contribution is 0.764. The van der Waals surface area contributed by atoms with Gasteiger partial charge in [0.25, 0.3) is 0 Å². The highest BCUT2D eigenvalue weighted by atomic mass is 35.5. The molecule has 0 saturated heterocycles. The second-order valence-electron chi connectivity index (χ2n) is 3.95. The quantitative estimate of drug-likeness (QED) is 0.815. The number of nitrogens with zero attached hydrogens (tertiary/aromatic N) is 1. The van der Waals surface area contributed by atoms with Gasteiger partial charge in [-0.05, 0) is 29.3 Å². The summed E-state index contributed by atoms with van der Waals surface area (Å²) >= 11 is 5.86. The zero-order chi connectivity index (χ0) is 11.0. The van der Waals surface area contributed by atoms with Gasteiger partial charge in [0.05, 0.1) is 5.69 Å². The second-order valence-corrected chi connectivity index (χ2v) is 4.39. The van der Waals surface area contributed by atoms with E-state index in [0.717, 1.165) is 29.4 Å². The predicted molar refractivity (Wildman–Crippen MR) is 65.2 cm³/mol. The molecule has 2 nitrogen and oxygen atoms in total. The van der Waals surface area contributed by atoms with Crippen LogP contribution in [0.15, 0.2) is 36.5 Å². The SMILES string of the molecule is Clc1ccc(-c2cc3c(cn2)CNC3)cc1. The summed E-state index contributed by atoms with van der Waals surface area (Å²) in [5, 5.41) is 4.07. The molecule has 80 valence electrons. The monoisotopic (exact) mass is 230 g/mol. The molecule has 0 spiro atoms. The number of fused-ring (bicyclic) bond motifs is 1. The molecule has 3 heteroatoms. The first-order chi connectivity index (χ1) is 7.83. The first kappa shape index (κ1) is 9.82. The molecule has 0 radical (unpaired) electrons. The van der Waals surface area contributed by atoms with Crippen molar-refractivity contribution in [3.05, 3.63) is 52.7 Å². The molecule has 2 aromatic rings. The number of nitrogens with one attached hydrogen (secondary N) is 1. The second kappa shape index (κ2) is 3.89. The van der Waals surface area contributed by atoms with Crippen LogP contribution < -0.4 is 5.32 Å². The van der Waals surface area contributed by atoms with Gasteiger partial charge in [-0.25, -0.2) is 0 Å². The van der Waals surface area contributed by atoms with Gasteiger partial charge in [-0.15, -0.1) is 0 Å². The summed E-state index contributed by atoms with van der Waals surface area (Å²) in [7, 11) is 0. The van der Waals surface area contributed by atoms with E-state index >= 15 is 0 Å². The van der Waals surface area contributed by atoms with E-state index in [1.165, 1.54) is 11.1 Å². The Hall–Kier alpha value is -1.38. The Kier molecular flexibility index (Phi) is 2.39. The van der Waals surface area contributed by atoms with E-state index in [9.17, 15) is 0 Å². The molecular weight excluding hydrogens is 220 g/mol. The molecule has 1 aliphatic heterocycles. The fourth-order valence-corrected chi connectivity index (χ4v) is 2.09. The Balaban J connectivity index is 2.03. The van der Waals surface area contributed by atoms with E-state index in [1.807, 2.05) is 30.5 Å². The molecular formula is C13H11ClN2. The van der Waals surface area contributed by atoms with Crippen molar-refractivity contribution < 1.29 is 0 Å². The van der Waals surface area contributed by atoms with E-state index in [1.54, 1.807) is 0 Å². The molecule has 0 atom stereocenters. The molecule has 0 bridgehead atoms. The van der Waals surface area contributed by atoms with Crippen molar-refractivity contribution in [2.45, 2.75) is 13.1 Å². The van der Waals surface area contributed by atoms with Gasteiger partial charge < -0.3 is 5.32 Å². The number of rotatable bonds is 1. The Morgan fingerprint density at radius 1 is 1.06 bits per heavy atom. The molecule has 1 aromatic carbocycles. The molecule has 16 heavy (non-hydrogen) atoms. The average molecular weight is 231 g/mol. The Morgan fingerprint density at radius 3 is 2.62 bits per heavy atom. The van der Waals surface area contributed by atoms with E-state index in [0.29, 0.717) is 0 Å². The van der Waals surface area contributed by atoms with Crippen LogP contribution in [-0.4, -0.2) is 4.98 Å². The summed E-state index contributed by atoms with van der Waals surface area (Å²) < 4.78 is 0. The maximum Gasteiger partial charge on any atom is 0.0705 e. The molecule has 2 heterocycles. The standard InChI is InChI=1S/C13H11ClN2/c14-12-3-1-9(2-4-12)13-5-10-6-15-7-11(10)8-16-13/h1-5,8,15H,6-7H2. The van der Waals surface area contributed by atoms with Crippen molar-refractivity contribution in [2.24, 2.45) is 0 Å². The van der Waals surface area contributed by atoms with Crippen LogP contribution in [0.25, 0.3) is 11.3 Å². The number of halogens is 1. The smallest absolute Gasteiger partial charge is 0.0705 e. The van der Waals surface area contributed by atoms with E-state index in [4.69, 9.17) is 11.6 Å². The number of pyridine rings is 1. The van der Waals surface area contributed by atoms with Crippen molar-refractivity contribution in [3.63, 3.8) is 0 Å². The normalized spacial score (nSPS) is 13.8. The topological polar surface area (TPSA) is 24.9 Å². The Morgan fingerprint density at radius 2 is 1.81 bits per heavy atom. The predicted octanol–water partition coefficient (Wildman–Crippen LogP) is 3.01. The fourth-order valence-electron chi connectivity index (χ4n) is 1.96. The van der Waals surface area contributed by atoms with Crippen LogP contribution in [0.2, 0.25) is 5.02 Å². The van der Waals surface area contributed by atoms with Crippen LogP contribution in [0.5, 0.6) is 0 Å². The average Bonchev–Trinajstić information content (AvgIpc) is 2.77. The minimum Gasteiger partial charge on any atom is -0.309 e. The zero-order valence-electron chi connectivity index (χ0n) is 8.70. The van der Waals surface area contributed by atoms with Crippen molar-refractivity contribution in [1.29, 1.82) is 0 Å². The summed E-state index contributed by atoms with van der Waals surface area (Å²) in [6.07, 6.45) is 1.96. The maximum absolute atomic E-state index is 5.86. The van der Waals surface area contributed by atoms with Gasteiger partial charge in [0, 0.05) is 29.9 Å². The molecule has 0 saturated carbocycles. The van der Waals surface area contributed by atoms with Gasteiger partial charge in [-0.1, -0.05) is 23.7 Å². The zero-order valence-corrected chi connectivity index (χ0v) is 9.46. The van der Waals surface area contributed by atoms with Gasteiger partial charge in [0.1, 0.15) is 0 Å². The van der Waals surface area contributed by atoms with Crippen LogP contribution in [0.3, 0.4) is 0 Å². The molecule has 0 amide bonds. The summed E-state index contributed by atoms with van der Waals surface area (Å²) in [5.41, 5.74) is 4.77. The lowest BCUT2D eigenvalue weighted by atomic mass is 10.1. The molecule has 1 aliphatic rings. The van der Waals surface area contributed by atoms with Gasteiger partial charge in [-0.3, -0.25) is 4.98 Å². The van der Waals surface area contributed by atoms with Crippen LogP contribution in [-0.2, 0) is 13.1 Å². The highest BCUT2D eigenvalue weighted by molar-refractivity contribution is 6.30. The number of hydrogen-bond donors (Lipinski definition) is 1.